The molecule has 0 aromatic carbocycles. The predicted molar refractivity (Wildman–Crippen MR) is 58.0 cm³/mol. The van der Waals surface area contributed by atoms with E-state index in [-0.39, 0.29) is 12.2 Å². The van der Waals surface area contributed by atoms with Gasteiger partial charge in [0.15, 0.2) is 6.10 Å². The van der Waals surface area contributed by atoms with Crippen molar-refractivity contribution in [1.29, 1.82) is 0 Å². The molecule has 0 radical (unpaired) electrons. The van der Waals surface area contributed by atoms with Crippen LogP contribution in [0.1, 0.15) is 41.5 Å². The van der Waals surface area contributed by atoms with Crippen molar-refractivity contribution in [2.45, 2.75) is 58.8 Å². The molecule has 1 atom stereocenters. The lowest BCUT2D eigenvalue weighted by molar-refractivity contribution is -0.171. The van der Waals surface area contributed by atoms with Crippen molar-refractivity contribution in [2.24, 2.45) is 0 Å². The maximum atomic E-state index is 10.9. The predicted octanol–water partition coefficient (Wildman–Crippen LogP) is 2.07. The number of hydrogen-bond acceptors (Lipinski definition) is 3. The molecule has 1 N–H and O–H groups in total. The molecule has 15 heavy (non-hydrogen) atoms. The second-order valence-electron chi connectivity index (χ2n) is 5.48. The zero-order valence-corrected chi connectivity index (χ0v) is 10.5. The average Bonchev–Trinajstić information content (AvgIpc) is 1.93. The normalized spacial score (nSPS) is 15.1. The molecule has 0 aliphatic carbocycles. The number of carbonyl (C=O) groups is 1. The SMILES string of the molecule is CC(C)(C)OCC(OC(C)(C)C)C(=O)O. The molecule has 0 spiro atoms. The Balaban J connectivity index is 4.25. The van der Waals surface area contributed by atoms with Crippen LogP contribution in [-0.2, 0) is 14.3 Å². The maximum absolute atomic E-state index is 10.9. The van der Waals surface area contributed by atoms with Crippen LogP contribution in [0.25, 0.3) is 0 Å². The van der Waals surface area contributed by atoms with Gasteiger partial charge in [0, 0.05) is 0 Å². The molecule has 0 aromatic rings. The van der Waals surface area contributed by atoms with Crippen LogP contribution in [0.3, 0.4) is 0 Å². The molecule has 0 bridgehead atoms. The summed E-state index contributed by atoms with van der Waals surface area (Å²) >= 11 is 0. The Morgan fingerprint density at radius 3 is 1.87 bits per heavy atom. The van der Waals surface area contributed by atoms with Crippen LogP contribution in [0.5, 0.6) is 0 Å². The first kappa shape index (κ1) is 14.4. The van der Waals surface area contributed by atoms with E-state index in [2.05, 4.69) is 0 Å². The van der Waals surface area contributed by atoms with Crippen molar-refractivity contribution < 1.29 is 19.4 Å². The van der Waals surface area contributed by atoms with E-state index in [1.165, 1.54) is 0 Å². The summed E-state index contributed by atoms with van der Waals surface area (Å²) in [7, 11) is 0. The van der Waals surface area contributed by atoms with Crippen LogP contribution >= 0.6 is 0 Å². The standard InChI is InChI=1S/C11H22O4/c1-10(2,3)14-7-8(9(12)13)15-11(4,5)6/h8H,7H2,1-6H3,(H,12,13). The van der Waals surface area contributed by atoms with E-state index in [0.717, 1.165) is 0 Å². The number of hydrogen-bond donors (Lipinski definition) is 1. The first-order chi connectivity index (χ1) is 6.51. The number of carboxylic acid groups (broad SMARTS) is 1. The van der Waals surface area contributed by atoms with Crippen molar-refractivity contribution in [1.82, 2.24) is 0 Å². The number of aliphatic carboxylic acids is 1. The number of rotatable bonds is 4. The Hall–Kier alpha value is -0.610. The van der Waals surface area contributed by atoms with Gasteiger partial charge < -0.3 is 14.6 Å². The lowest BCUT2D eigenvalue weighted by atomic mass is 10.1. The van der Waals surface area contributed by atoms with Crippen LogP contribution < -0.4 is 0 Å². The Labute approximate surface area is 91.6 Å². The van der Waals surface area contributed by atoms with Crippen molar-refractivity contribution in [3.8, 4) is 0 Å². The van der Waals surface area contributed by atoms with Gasteiger partial charge in [-0.25, -0.2) is 4.79 Å². The number of ether oxygens (including phenoxy) is 2. The average molecular weight is 218 g/mol. The summed E-state index contributed by atoms with van der Waals surface area (Å²) in [6.45, 7) is 11.2. The van der Waals surface area contributed by atoms with E-state index < -0.39 is 17.7 Å². The molecule has 4 nitrogen and oxygen atoms in total. The van der Waals surface area contributed by atoms with Crippen molar-refractivity contribution >= 4 is 5.97 Å². The van der Waals surface area contributed by atoms with Crippen LogP contribution in [0.15, 0.2) is 0 Å². The van der Waals surface area contributed by atoms with Crippen molar-refractivity contribution in [3.05, 3.63) is 0 Å². The first-order valence-corrected chi connectivity index (χ1v) is 5.06. The summed E-state index contributed by atoms with van der Waals surface area (Å²) in [6, 6.07) is 0. The maximum Gasteiger partial charge on any atom is 0.335 e. The monoisotopic (exact) mass is 218 g/mol. The Morgan fingerprint density at radius 2 is 1.60 bits per heavy atom. The molecule has 0 aliphatic rings. The van der Waals surface area contributed by atoms with Crippen molar-refractivity contribution in [2.75, 3.05) is 6.61 Å². The smallest absolute Gasteiger partial charge is 0.335 e. The summed E-state index contributed by atoms with van der Waals surface area (Å²) in [5.74, 6) is -0.992. The van der Waals surface area contributed by atoms with E-state index in [4.69, 9.17) is 14.6 Å². The van der Waals surface area contributed by atoms with Gasteiger partial charge in [-0.3, -0.25) is 0 Å². The molecular formula is C11H22O4. The van der Waals surface area contributed by atoms with E-state index in [1.54, 1.807) is 0 Å². The van der Waals surface area contributed by atoms with Gasteiger partial charge in [-0.15, -0.1) is 0 Å². The Morgan fingerprint density at radius 1 is 1.13 bits per heavy atom. The number of carboxylic acids is 1. The highest BCUT2D eigenvalue weighted by Gasteiger charge is 2.26. The molecule has 90 valence electrons. The van der Waals surface area contributed by atoms with Crippen LogP contribution in [0, 0.1) is 0 Å². The molecule has 4 heteroatoms. The minimum Gasteiger partial charge on any atom is -0.479 e. The zero-order chi connectivity index (χ0) is 12.3. The highest BCUT2D eigenvalue weighted by molar-refractivity contribution is 5.72. The molecule has 0 heterocycles. The zero-order valence-electron chi connectivity index (χ0n) is 10.5. The Kier molecular flexibility index (Phi) is 4.74. The molecule has 0 saturated heterocycles. The molecule has 0 amide bonds. The van der Waals surface area contributed by atoms with Gasteiger partial charge in [0.05, 0.1) is 17.8 Å². The van der Waals surface area contributed by atoms with Gasteiger partial charge in [0.25, 0.3) is 0 Å². The summed E-state index contributed by atoms with van der Waals surface area (Å²) < 4.78 is 10.8. The fraction of sp³-hybridized carbons (Fsp3) is 0.909. The third-order valence-corrected chi connectivity index (χ3v) is 1.44. The van der Waals surface area contributed by atoms with E-state index in [1.807, 2.05) is 41.5 Å². The van der Waals surface area contributed by atoms with Crippen molar-refractivity contribution in [3.63, 3.8) is 0 Å². The molecule has 1 unspecified atom stereocenters. The molecular weight excluding hydrogens is 196 g/mol. The van der Waals surface area contributed by atoms with Crippen LogP contribution in [0.2, 0.25) is 0 Å². The van der Waals surface area contributed by atoms with Gasteiger partial charge in [0.2, 0.25) is 0 Å². The molecule has 0 aliphatic heterocycles. The molecule has 0 fully saturated rings. The van der Waals surface area contributed by atoms with Gasteiger partial charge in [0.1, 0.15) is 0 Å². The lowest BCUT2D eigenvalue weighted by Gasteiger charge is -2.27. The van der Waals surface area contributed by atoms with Gasteiger partial charge >= 0.3 is 5.97 Å². The lowest BCUT2D eigenvalue weighted by Crippen LogP contribution is -2.38. The highest BCUT2D eigenvalue weighted by Crippen LogP contribution is 2.14. The van der Waals surface area contributed by atoms with E-state index in [9.17, 15) is 4.79 Å². The summed E-state index contributed by atoms with van der Waals surface area (Å²) in [5.41, 5.74) is -0.834. The first-order valence-electron chi connectivity index (χ1n) is 5.06. The second-order valence-corrected chi connectivity index (χ2v) is 5.48. The minimum atomic E-state index is -0.992. The van der Waals surface area contributed by atoms with Crippen LogP contribution in [0.4, 0.5) is 0 Å². The highest BCUT2D eigenvalue weighted by atomic mass is 16.6. The van der Waals surface area contributed by atoms with Gasteiger partial charge in [-0.05, 0) is 41.5 Å². The quantitative estimate of drug-likeness (QED) is 0.784. The topological polar surface area (TPSA) is 55.8 Å². The summed E-state index contributed by atoms with van der Waals surface area (Å²) in [5, 5.41) is 8.93. The fourth-order valence-electron chi connectivity index (χ4n) is 0.908. The summed E-state index contributed by atoms with van der Waals surface area (Å²) in [4.78, 5) is 10.9. The third-order valence-electron chi connectivity index (χ3n) is 1.44. The fourth-order valence-corrected chi connectivity index (χ4v) is 0.908. The Bertz CT molecular complexity index is 210. The van der Waals surface area contributed by atoms with Gasteiger partial charge in [-0.1, -0.05) is 0 Å². The van der Waals surface area contributed by atoms with E-state index >= 15 is 0 Å². The van der Waals surface area contributed by atoms with E-state index in [0.29, 0.717) is 0 Å². The second kappa shape index (κ2) is 4.94. The third kappa shape index (κ3) is 8.39. The van der Waals surface area contributed by atoms with Gasteiger partial charge in [-0.2, -0.15) is 0 Å². The molecule has 0 aromatic heterocycles. The minimum absolute atomic E-state index is 0.0656. The molecule has 0 saturated carbocycles. The summed E-state index contributed by atoms with van der Waals surface area (Å²) in [6.07, 6.45) is -0.913. The largest absolute Gasteiger partial charge is 0.479 e. The van der Waals surface area contributed by atoms with Crippen LogP contribution in [-0.4, -0.2) is 35.0 Å². The molecule has 0 rings (SSSR count).